The fourth-order valence-corrected chi connectivity index (χ4v) is 3.58. The van der Waals surface area contributed by atoms with E-state index in [9.17, 15) is 0 Å². The molecule has 0 unspecified atom stereocenters. The third-order valence-corrected chi connectivity index (χ3v) is 4.39. The summed E-state index contributed by atoms with van der Waals surface area (Å²) in [4.78, 5) is 0. The molecule has 0 aliphatic carbocycles. The first-order valence-electron chi connectivity index (χ1n) is 7.38. The molecule has 5 rings (SSSR count). The van der Waals surface area contributed by atoms with E-state index in [1.54, 1.807) is 0 Å². The van der Waals surface area contributed by atoms with E-state index in [2.05, 4.69) is 72.8 Å². The van der Waals surface area contributed by atoms with Crippen molar-refractivity contribution >= 4 is 43.1 Å². The minimum Gasteiger partial charge on any atom is -0.0610 e. The monoisotopic (exact) mass is 332 g/mol. The average Bonchev–Trinajstić information content (AvgIpc) is 2.60. The van der Waals surface area contributed by atoms with Gasteiger partial charge in [-0.05, 0) is 43.1 Å². The van der Waals surface area contributed by atoms with Gasteiger partial charge in [0, 0.05) is 0 Å². The first kappa shape index (κ1) is 14.3. The summed E-state index contributed by atoms with van der Waals surface area (Å²) in [7, 11) is 0. The Morgan fingerprint density at radius 3 is 1.00 bits per heavy atom. The summed E-state index contributed by atoms with van der Waals surface area (Å²) < 4.78 is 17.0. The van der Waals surface area contributed by atoms with Crippen LogP contribution in [-0.4, -0.2) is 0 Å². The van der Waals surface area contributed by atoms with Gasteiger partial charge >= 0.3 is 25.7 Å². The van der Waals surface area contributed by atoms with Gasteiger partial charge in [0.25, 0.3) is 0 Å². The van der Waals surface area contributed by atoms with Crippen LogP contribution in [0.25, 0.3) is 43.1 Å². The van der Waals surface area contributed by atoms with Crippen LogP contribution in [0.15, 0.2) is 72.8 Å². The van der Waals surface area contributed by atoms with Gasteiger partial charge in [-0.3, -0.25) is 0 Å². The van der Waals surface area contributed by atoms with Crippen molar-refractivity contribution in [3.05, 3.63) is 72.8 Å². The van der Waals surface area contributed by atoms with Crippen molar-refractivity contribution in [3.63, 3.8) is 0 Å². The third kappa shape index (κ3) is 2.14. The Morgan fingerprint density at radius 2 is 0.739 bits per heavy atom. The zero-order valence-electron chi connectivity index (χ0n) is 12.2. The van der Waals surface area contributed by atoms with Crippen LogP contribution >= 0.6 is 0 Å². The Hall–Kier alpha value is -2.29. The first-order chi connectivity index (χ1) is 11.3. The first-order valence-corrected chi connectivity index (χ1v) is 8.66. The number of rotatable bonds is 0. The molecule has 0 N–H and O–H groups in total. The molecular weight excluding hydrogens is 320 g/mol. The zero-order chi connectivity index (χ0) is 15.8. The minimum absolute atomic E-state index is 1.33. The summed E-state index contributed by atoms with van der Waals surface area (Å²) in [6, 6.07) is 26.4. The van der Waals surface area contributed by atoms with E-state index >= 15 is 0 Å². The van der Waals surface area contributed by atoms with Gasteiger partial charge in [0.15, 0.2) is 0 Å². The van der Waals surface area contributed by atoms with E-state index in [0.717, 1.165) is 0 Å². The van der Waals surface area contributed by atoms with E-state index in [-0.39, 0.29) is 0 Å². The Labute approximate surface area is 141 Å². The summed E-state index contributed by atoms with van der Waals surface area (Å²) in [5, 5.41) is 10.9. The molecule has 0 radical (unpaired) electrons. The Kier molecular flexibility index (Phi) is 3.57. The number of fused-ring (bicyclic) bond motifs is 2. The summed E-state index contributed by atoms with van der Waals surface area (Å²) in [5.74, 6) is 0. The fourth-order valence-electron chi connectivity index (χ4n) is 3.58. The predicted molar refractivity (Wildman–Crippen MR) is 89.0 cm³/mol. The molecule has 0 bridgehead atoms. The molecule has 0 aliphatic heterocycles. The van der Waals surface area contributed by atoms with Crippen LogP contribution in [0.2, 0.25) is 0 Å². The van der Waals surface area contributed by atoms with Crippen LogP contribution in [0, 0.1) is 0 Å². The van der Waals surface area contributed by atoms with Crippen LogP contribution in [-0.2, 0) is 25.7 Å². The van der Waals surface area contributed by atoms with Gasteiger partial charge in [0.1, 0.15) is 0 Å². The summed E-state index contributed by atoms with van der Waals surface area (Å²) in [6.07, 6.45) is 0. The molecule has 108 valence electrons. The van der Waals surface area contributed by atoms with E-state index in [4.69, 9.17) is 6.65 Å². The molecule has 2 nitrogen and oxygen atoms in total. The molecule has 23 heavy (non-hydrogen) atoms. The number of hydrogen-bond donors (Lipinski definition) is 0. The molecule has 5 aromatic rings. The van der Waals surface area contributed by atoms with Gasteiger partial charge in [0.2, 0.25) is 0 Å². The Balaban J connectivity index is 0.000000421. The van der Waals surface area contributed by atoms with Crippen LogP contribution in [0.3, 0.4) is 0 Å². The molecule has 0 atom stereocenters. The zero-order valence-corrected chi connectivity index (χ0v) is 13.8. The van der Waals surface area contributed by atoms with Crippen molar-refractivity contribution in [3.8, 4) is 0 Å². The normalized spacial score (nSPS) is 10.8. The molecule has 0 saturated heterocycles. The topological polar surface area (TPSA) is 34.1 Å². The third-order valence-electron chi connectivity index (χ3n) is 4.39. The second-order valence-electron chi connectivity index (χ2n) is 5.50. The molecule has 0 heterocycles. The van der Waals surface area contributed by atoms with Gasteiger partial charge in [-0.15, -0.1) is 0 Å². The van der Waals surface area contributed by atoms with E-state index in [0.29, 0.717) is 0 Å². The molecular formula is C20H12O2Ti. The maximum absolute atomic E-state index is 8.50. The number of hydrogen-bond acceptors (Lipinski definition) is 2. The van der Waals surface area contributed by atoms with Crippen LogP contribution in [0.4, 0.5) is 0 Å². The Bertz CT molecular complexity index is 1020. The van der Waals surface area contributed by atoms with Crippen LogP contribution < -0.4 is 0 Å². The van der Waals surface area contributed by atoms with E-state index in [1.165, 1.54) is 43.1 Å². The Morgan fingerprint density at radius 1 is 0.478 bits per heavy atom. The molecule has 0 fully saturated rings. The van der Waals surface area contributed by atoms with Crippen LogP contribution in [0.5, 0.6) is 0 Å². The van der Waals surface area contributed by atoms with Gasteiger partial charge in [0.05, 0.1) is 0 Å². The maximum atomic E-state index is 8.50. The van der Waals surface area contributed by atoms with Crippen molar-refractivity contribution in [2.75, 3.05) is 0 Å². The predicted octanol–water partition coefficient (Wildman–Crippen LogP) is 5.50. The van der Waals surface area contributed by atoms with Crippen molar-refractivity contribution < 1.29 is 25.7 Å². The number of benzene rings is 5. The second-order valence-corrected chi connectivity index (χ2v) is 5.76. The van der Waals surface area contributed by atoms with E-state index < -0.39 is 19.1 Å². The molecule has 0 spiro atoms. The average molecular weight is 332 g/mol. The second kappa shape index (κ2) is 5.73. The summed E-state index contributed by atoms with van der Waals surface area (Å²) in [5.41, 5.74) is 0. The quantitative estimate of drug-likeness (QED) is 0.213. The standard InChI is InChI=1S/C20H12.2O.Ti/c1-5-13-6-2-11-17-18-12-4-8-14-7-3-10-16(20(14)18)15(9-1)19(13)17;;;/h1-12H;;;. The molecule has 0 aromatic heterocycles. The van der Waals surface area contributed by atoms with Crippen LogP contribution in [0.1, 0.15) is 0 Å². The smallest absolute Gasteiger partial charge is 0.00264 e. The molecule has 3 heteroatoms. The summed E-state index contributed by atoms with van der Waals surface area (Å²) >= 11 is -2.00. The van der Waals surface area contributed by atoms with Gasteiger partial charge in [-0.1, -0.05) is 72.8 Å². The van der Waals surface area contributed by atoms with Crippen molar-refractivity contribution in [2.45, 2.75) is 0 Å². The van der Waals surface area contributed by atoms with Crippen molar-refractivity contribution in [2.24, 2.45) is 0 Å². The van der Waals surface area contributed by atoms with Gasteiger partial charge in [-0.25, -0.2) is 0 Å². The molecule has 0 saturated carbocycles. The fraction of sp³-hybridized carbons (Fsp3) is 0. The molecule has 0 aliphatic rings. The maximum Gasteiger partial charge on any atom is -0.00264 e. The molecule has 0 amide bonds. The van der Waals surface area contributed by atoms with E-state index in [1.807, 2.05) is 0 Å². The largest absolute Gasteiger partial charge is 0.0610 e. The van der Waals surface area contributed by atoms with Gasteiger partial charge in [-0.2, -0.15) is 0 Å². The van der Waals surface area contributed by atoms with Gasteiger partial charge < -0.3 is 0 Å². The van der Waals surface area contributed by atoms with Crippen molar-refractivity contribution in [1.29, 1.82) is 0 Å². The molecule has 5 aromatic carbocycles. The summed E-state index contributed by atoms with van der Waals surface area (Å²) in [6.45, 7) is 0. The SMILES string of the molecule is [O]=[Ti]=[O].c1cc2cccc3c4cccc5cccc(c(c1)c23)c54. The van der Waals surface area contributed by atoms with Crippen molar-refractivity contribution in [1.82, 2.24) is 0 Å². The minimum atomic E-state index is -2.00.